The summed E-state index contributed by atoms with van der Waals surface area (Å²) in [4.78, 5) is 0. The van der Waals surface area contributed by atoms with Gasteiger partial charge in [-0.05, 0) is 72.0 Å². The molecule has 1 aliphatic carbocycles. The van der Waals surface area contributed by atoms with Gasteiger partial charge in [-0.2, -0.15) is 0 Å². The molecule has 0 aromatic heterocycles. The summed E-state index contributed by atoms with van der Waals surface area (Å²) < 4.78 is 27.2. The highest BCUT2D eigenvalue weighted by Crippen LogP contribution is 2.45. The first-order valence-corrected chi connectivity index (χ1v) is 23.2. The first-order chi connectivity index (χ1) is 16.9. The van der Waals surface area contributed by atoms with Crippen molar-refractivity contribution in [3.63, 3.8) is 0 Å². The summed E-state index contributed by atoms with van der Waals surface area (Å²) in [7, 11) is -6.04. The summed E-state index contributed by atoms with van der Waals surface area (Å²) in [5, 5.41) is 10.1. The second-order valence-corrected chi connectivity index (χ2v) is 30.0. The maximum atomic E-state index is 9.80. The van der Waals surface area contributed by atoms with Gasteiger partial charge >= 0.3 is 0 Å². The SMILES string of the molecule is C=C1/C(=C\CO)C[C@H](O[Si](C)(C)C(C)(C)C)[C@H](OCCCO[Si](C)(C)C(C)(C)C)[C@H]1O[Si](C)(C)C(C)(C)C. The smallest absolute Gasteiger partial charge is 0.193 e. The Hall–Kier alpha value is -0.0694. The highest BCUT2D eigenvalue weighted by atomic mass is 28.4. The Kier molecular flexibility index (Phi) is 12.2. The van der Waals surface area contributed by atoms with Gasteiger partial charge in [0.25, 0.3) is 0 Å². The van der Waals surface area contributed by atoms with E-state index in [4.69, 9.17) is 18.0 Å². The lowest BCUT2D eigenvalue weighted by molar-refractivity contribution is -0.0880. The van der Waals surface area contributed by atoms with Gasteiger partial charge < -0.3 is 23.1 Å². The first-order valence-electron chi connectivity index (χ1n) is 14.5. The van der Waals surface area contributed by atoms with Crippen LogP contribution in [0.1, 0.15) is 75.2 Å². The summed E-state index contributed by atoms with van der Waals surface area (Å²) in [6.45, 7) is 39.8. The first kappa shape index (κ1) is 36.0. The Morgan fingerprint density at radius 2 is 1.26 bits per heavy atom. The van der Waals surface area contributed by atoms with Crippen molar-refractivity contribution in [2.24, 2.45) is 0 Å². The van der Waals surface area contributed by atoms with Crippen LogP contribution in [0.5, 0.6) is 0 Å². The van der Waals surface area contributed by atoms with Crippen molar-refractivity contribution < 1.29 is 23.1 Å². The third kappa shape index (κ3) is 9.23. The topological polar surface area (TPSA) is 57.2 Å². The highest BCUT2D eigenvalue weighted by molar-refractivity contribution is 6.75. The van der Waals surface area contributed by atoms with Crippen LogP contribution in [0.15, 0.2) is 23.8 Å². The lowest BCUT2D eigenvalue weighted by Gasteiger charge is -2.49. The molecule has 0 spiro atoms. The molecule has 1 saturated carbocycles. The molecule has 0 amide bonds. The predicted molar refractivity (Wildman–Crippen MR) is 171 cm³/mol. The average Bonchev–Trinajstić information content (AvgIpc) is 2.70. The molecule has 0 aromatic rings. The number of aliphatic hydroxyl groups is 1. The maximum absolute atomic E-state index is 9.80. The Bertz CT molecular complexity index is 813. The third-order valence-corrected chi connectivity index (χ3v) is 23.0. The molecule has 0 aliphatic heterocycles. The van der Waals surface area contributed by atoms with Crippen LogP contribution in [0, 0.1) is 0 Å². The van der Waals surface area contributed by atoms with Crippen molar-refractivity contribution in [1.82, 2.24) is 0 Å². The summed E-state index contributed by atoms with van der Waals surface area (Å²) in [5.41, 5.74) is 1.95. The molecule has 0 saturated heterocycles. The Labute approximate surface area is 239 Å². The number of ether oxygens (including phenoxy) is 1. The van der Waals surface area contributed by atoms with E-state index < -0.39 is 25.0 Å². The molecule has 8 heteroatoms. The number of aliphatic hydroxyl groups excluding tert-OH is 1. The fourth-order valence-corrected chi connectivity index (χ4v) is 7.36. The van der Waals surface area contributed by atoms with Crippen LogP contribution in [0.2, 0.25) is 54.4 Å². The predicted octanol–water partition coefficient (Wildman–Crippen LogP) is 8.44. The molecule has 1 fully saturated rings. The molecule has 0 heterocycles. The fourth-order valence-electron chi connectivity index (χ4n) is 3.68. The molecule has 0 radical (unpaired) electrons. The van der Waals surface area contributed by atoms with Gasteiger partial charge in [0.2, 0.25) is 0 Å². The zero-order chi connectivity index (χ0) is 30.0. The van der Waals surface area contributed by atoms with Crippen molar-refractivity contribution >= 4 is 25.0 Å². The second-order valence-electron chi connectivity index (χ2n) is 15.7. The lowest BCUT2D eigenvalue weighted by atomic mass is 9.84. The van der Waals surface area contributed by atoms with Gasteiger partial charge in [0.1, 0.15) is 6.10 Å². The van der Waals surface area contributed by atoms with Gasteiger partial charge in [0, 0.05) is 19.6 Å². The molecular formula is C30H62O5Si3. The largest absolute Gasteiger partial charge is 0.417 e. The van der Waals surface area contributed by atoms with E-state index in [0.717, 1.165) is 17.6 Å². The van der Waals surface area contributed by atoms with Crippen molar-refractivity contribution in [2.45, 2.75) is 148 Å². The fraction of sp³-hybridized carbons (Fsp3) is 0.867. The lowest BCUT2D eigenvalue weighted by Crippen LogP contribution is -2.57. The summed E-state index contributed by atoms with van der Waals surface area (Å²) in [6, 6.07) is 0. The molecule has 0 bridgehead atoms. The molecular weight excluding hydrogens is 525 g/mol. The average molecular weight is 587 g/mol. The van der Waals surface area contributed by atoms with Gasteiger partial charge in [-0.1, -0.05) is 75.0 Å². The minimum Gasteiger partial charge on any atom is -0.417 e. The van der Waals surface area contributed by atoms with Crippen LogP contribution in [-0.4, -0.2) is 68.2 Å². The molecule has 5 nitrogen and oxygen atoms in total. The van der Waals surface area contributed by atoms with Crippen LogP contribution in [-0.2, 0) is 18.0 Å². The number of hydrogen-bond donors (Lipinski definition) is 1. The normalized spacial score (nSPS) is 23.8. The molecule has 1 aliphatic rings. The van der Waals surface area contributed by atoms with Crippen LogP contribution >= 0.6 is 0 Å². The van der Waals surface area contributed by atoms with Gasteiger partial charge in [-0.3, -0.25) is 0 Å². The molecule has 224 valence electrons. The summed E-state index contributed by atoms with van der Waals surface area (Å²) in [6.07, 6.45) is 2.65. The quantitative estimate of drug-likeness (QED) is 0.194. The molecule has 0 unspecified atom stereocenters. The van der Waals surface area contributed by atoms with E-state index in [2.05, 4.69) is 108 Å². The molecule has 1 N–H and O–H groups in total. The molecule has 1 rings (SSSR count). The van der Waals surface area contributed by atoms with Crippen molar-refractivity contribution in [3.8, 4) is 0 Å². The molecule has 38 heavy (non-hydrogen) atoms. The molecule has 3 atom stereocenters. The zero-order valence-corrected chi connectivity index (χ0v) is 30.6. The number of hydrogen-bond acceptors (Lipinski definition) is 5. The maximum Gasteiger partial charge on any atom is 0.193 e. The van der Waals surface area contributed by atoms with Crippen molar-refractivity contribution in [1.29, 1.82) is 0 Å². The van der Waals surface area contributed by atoms with E-state index in [-0.39, 0.29) is 40.0 Å². The zero-order valence-electron chi connectivity index (χ0n) is 27.6. The van der Waals surface area contributed by atoms with Crippen LogP contribution in [0.4, 0.5) is 0 Å². The van der Waals surface area contributed by atoms with E-state index in [1.165, 1.54) is 0 Å². The van der Waals surface area contributed by atoms with Gasteiger partial charge in [-0.15, -0.1) is 0 Å². The Morgan fingerprint density at radius 1 is 0.789 bits per heavy atom. The second kappa shape index (κ2) is 12.8. The van der Waals surface area contributed by atoms with Crippen LogP contribution in [0.3, 0.4) is 0 Å². The van der Waals surface area contributed by atoms with E-state index >= 15 is 0 Å². The van der Waals surface area contributed by atoms with E-state index in [9.17, 15) is 5.11 Å². The van der Waals surface area contributed by atoms with Crippen LogP contribution < -0.4 is 0 Å². The minimum absolute atomic E-state index is 0.0235. The minimum atomic E-state index is -2.15. The van der Waals surface area contributed by atoms with E-state index in [1.807, 2.05) is 6.08 Å². The van der Waals surface area contributed by atoms with E-state index in [1.54, 1.807) is 0 Å². The monoisotopic (exact) mass is 586 g/mol. The Morgan fingerprint density at radius 3 is 1.71 bits per heavy atom. The number of rotatable bonds is 11. The summed E-state index contributed by atoms with van der Waals surface area (Å²) >= 11 is 0. The standard InChI is InChI=1S/C30H62O5Si3/c1-23-24(18-19-31)22-25(34-37(13,14)29(5,6)7)27(26(23)35-38(15,16)30(8,9)10)32-20-17-21-33-36(11,12)28(2,3)4/h18,25-27,31H,1,17,19-22H2,2-16H3/b24-18-/t25-,26-,27-/m0/s1. The van der Waals surface area contributed by atoms with Gasteiger partial charge in [-0.25, -0.2) is 0 Å². The molecule has 0 aromatic carbocycles. The van der Waals surface area contributed by atoms with Crippen molar-refractivity contribution in [2.75, 3.05) is 19.8 Å². The highest BCUT2D eigenvalue weighted by Gasteiger charge is 2.49. The van der Waals surface area contributed by atoms with Gasteiger partial charge in [0.05, 0.1) is 18.8 Å². The Balaban J connectivity index is 3.30. The summed E-state index contributed by atoms with van der Waals surface area (Å²) in [5.74, 6) is 0. The van der Waals surface area contributed by atoms with Crippen LogP contribution in [0.25, 0.3) is 0 Å². The van der Waals surface area contributed by atoms with E-state index in [0.29, 0.717) is 19.6 Å². The van der Waals surface area contributed by atoms with Crippen molar-refractivity contribution in [3.05, 3.63) is 23.8 Å². The third-order valence-electron chi connectivity index (χ3n) is 9.53. The van der Waals surface area contributed by atoms with Gasteiger partial charge in [0.15, 0.2) is 25.0 Å².